The van der Waals surface area contributed by atoms with Crippen LogP contribution in [0.15, 0.2) is 24.3 Å². The fraction of sp³-hybridized carbons (Fsp3) is 0.600. The zero-order valence-corrected chi connectivity index (χ0v) is 11.1. The van der Waals surface area contributed by atoms with Crippen LogP contribution in [0.5, 0.6) is 0 Å². The van der Waals surface area contributed by atoms with E-state index < -0.39 is 0 Å². The Labute approximate surface area is 105 Å². The third kappa shape index (κ3) is 3.55. The van der Waals surface area contributed by atoms with Crippen LogP contribution in [0.2, 0.25) is 0 Å². The molecule has 1 heterocycles. The first-order valence-corrected chi connectivity index (χ1v) is 6.73. The summed E-state index contributed by atoms with van der Waals surface area (Å²) in [7, 11) is 4.27. The molecule has 0 saturated carbocycles. The van der Waals surface area contributed by atoms with E-state index in [-0.39, 0.29) is 0 Å². The van der Waals surface area contributed by atoms with Crippen LogP contribution in [0.1, 0.15) is 42.9 Å². The zero-order chi connectivity index (χ0) is 12.1. The Kier molecular flexibility index (Phi) is 4.57. The van der Waals surface area contributed by atoms with Gasteiger partial charge >= 0.3 is 0 Å². The van der Waals surface area contributed by atoms with Gasteiger partial charge in [0, 0.05) is 12.6 Å². The Balaban J connectivity index is 2.17. The van der Waals surface area contributed by atoms with Gasteiger partial charge < -0.3 is 10.2 Å². The van der Waals surface area contributed by atoms with Crippen molar-refractivity contribution in [1.29, 1.82) is 0 Å². The van der Waals surface area contributed by atoms with Crippen LogP contribution in [0.4, 0.5) is 0 Å². The van der Waals surface area contributed by atoms with Gasteiger partial charge in [-0.05, 0) is 44.6 Å². The molecule has 0 spiro atoms. The molecule has 1 aliphatic rings. The van der Waals surface area contributed by atoms with Crippen LogP contribution < -0.4 is 5.32 Å². The predicted molar refractivity (Wildman–Crippen MR) is 73.0 cm³/mol. The van der Waals surface area contributed by atoms with Crippen molar-refractivity contribution in [2.75, 3.05) is 20.6 Å². The van der Waals surface area contributed by atoms with Crippen molar-refractivity contribution in [3.8, 4) is 0 Å². The molecular formula is C15H24N2. The maximum atomic E-state index is 3.69. The largest absolute Gasteiger partial charge is 0.310 e. The molecule has 1 fully saturated rings. The van der Waals surface area contributed by atoms with Crippen LogP contribution in [-0.2, 0) is 6.54 Å². The van der Waals surface area contributed by atoms with Crippen molar-refractivity contribution in [3.63, 3.8) is 0 Å². The smallest absolute Gasteiger partial charge is 0.0323 e. The van der Waals surface area contributed by atoms with Gasteiger partial charge in [0.05, 0.1) is 0 Å². The van der Waals surface area contributed by atoms with Crippen molar-refractivity contribution in [2.24, 2.45) is 0 Å². The highest BCUT2D eigenvalue weighted by atomic mass is 15.0. The van der Waals surface area contributed by atoms with E-state index >= 15 is 0 Å². The van der Waals surface area contributed by atoms with E-state index in [0.717, 1.165) is 6.54 Å². The molecule has 1 aromatic carbocycles. The molecule has 0 aromatic heterocycles. The molecule has 1 saturated heterocycles. The molecule has 0 amide bonds. The molecule has 0 bridgehead atoms. The molecule has 94 valence electrons. The van der Waals surface area contributed by atoms with Crippen LogP contribution in [0.25, 0.3) is 0 Å². The number of hydrogen-bond donors (Lipinski definition) is 1. The van der Waals surface area contributed by atoms with Crippen LogP contribution in [0, 0.1) is 0 Å². The van der Waals surface area contributed by atoms with Gasteiger partial charge in [-0.2, -0.15) is 0 Å². The van der Waals surface area contributed by atoms with Gasteiger partial charge in [-0.25, -0.2) is 0 Å². The summed E-state index contributed by atoms with van der Waals surface area (Å²) < 4.78 is 0. The first-order valence-electron chi connectivity index (χ1n) is 6.73. The number of hydrogen-bond acceptors (Lipinski definition) is 2. The lowest BCUT2D eigenvalue weighted by molar-refractivity contribution is 0.397. The monoisotopic (exact) mass is 232 g/mol. The van der Waals surface area contributed by atoms with Gasteiger partial charge in [0.15, 0.2) is 0 Å². The minimum atomic E-state index is 0.564. The first-order chi connectivity index (χ1) is 8.27. The molecule has 1 atom stereocenters. The highest BCUT2D eigenvalue weighted by molar-refractivity contribution is 5.30. The second-order valence-electron chi connectivity index (χ2n) is 5.29. The first kappa shape index (κ1) is 12.6. The highest BCUT2D eigenvalue weighted by Gasteiger charge is 2.16. The second kappa shape index (κ2) is 6.18. The summed E-state index contributed by atoms with van der Waals surface area (Å²) in [4.78, 5) is 2.25. The number of nitrogens with zero attached hydrogens (tertiary/aromatic N) is 1. The normalized spacial score (nSPS) is 21.5. The van der Waals surface area contributed by atoms with Crippen LogP contribution in [0.3, 0.4) is 0 Å². The number of benzene rings is 1. The van der Waals surface area contributed by atoms with Gasteiger partial charge in [0.1, 0.15) is 0 Å². The Hall–Kier alpha value is -0.860. The number of rotatable bonds is 3. The quantitative estimate of drug-likeness (QED) is 0.862. The van der Waals surface area contributed by atoms with Gasteiger partial charge in [0.25, 0.3) is 0 Å². The van der Waals surface area contributed by atoms with Crippen LogP contribution in [-0.4, -0.2) is 25.5 Å². The number of nitrogens with one attached hydrogen (secondary N) is 1. The van der Waals surface area contributed by atoms with Gasteiger partial charge in [0.2, 0.25) is 0 Å². The summed E-state index contributed by atoms with van der Waals surface area (Å²) >= 11 is 0. The molecule has 2 nitrogen and oxygen atoms in total. The third-order valence-electron chi connectivity index (χ3n) is 3.48. The molecule has 1 aromatic rings. The minimum absolute atomic E-state index is 0.564. The molecule has 0 aliphatic carbocycles. The summed E-state index contributed by atoms with van der Waals surface area (Å²) in [5.41, 5.74) is 2.97. The van der Waals surface area contributed by atoms with Crippen molar-refractivity contribution in [1.82, 2.24) is 10.2 Å². The average Bonchev–Trinajstić information content (AvgIpc) is 2.57. The molecule has 0 radical (unpaired) electrons. The van der Waals surface area contributed by atoms with Crippen molar-refractivity contribution < 1.29 is 0 Å². The standard InChI is InChI=1S/C15H24N2/c1-17(2)12-13-8-5-6-9-14(13)15-10-4-3-7-11-16-15/h5-6,8-9,15-16H,3-4,7,10-12H2,1-2H3/t15-/m1/s1. The van der Waals surface area contributed by atoms with E-state index in [4.69, 9.17) is 0 Å². The Bertz CT molecular complexity index is 339. The molecule has 1 N–H and O–H groups in total. The van der Waals surface area contributed by atoms with Crippen molar-refractivity contribution in [2.45, 2.75) is 38.3 Å². The van der Waals surface area contributed by atoms with E-state index in [1.807, 2.05) is 0 Å². The summed E-state index contributed by atoms with van der Waals surface area (Å²) in [6, 6.07) is 9.44. The van der Waals surface area contributed by atoms with E-state index in [0.29, 0.717) is 6.04 Å². The van der Waals surface area contributed by atoms with E-state index in [2.05, 4.69) is 48.6 Å². The van der Waals surface area contributed by atoms with Gasteiger partial charge in [-0.3, -0.25) is 0 Å². The summed E-state index contributed by atoms with van der Waals surface area (Å²) in [5.74, 6) is 0. The highest BCUT2D eigenvalue weighted by Crippen LogP contribution is 2.25. The Morgan fingerprint density at radius 2 is 2.00 bits per heavy atom. The molecule has 1 aliphatic heterocycles. The molecular weight excluding hydrogens is 208 g/mol. The lowest BCUT2D eigenvalue weighted by Gasteiger charge is -2.21. The van der Waals surface area contributed by atoms with Crippen LogP contribution >= 0.6 is 0 Å². The molecule has 17 heavy (non-hydrogen) atoms. The van der Waals surface area contributed by atoms with Crippen molar-refractivity contribution in [3.05, 3.63) is 35.4 Å². The minimum Gasteiger partial charge on any atom is -0.310 e. The maximum Gasteiger partial charge on any atom is 0.0323 e. The lowest BCUT2D eigenvalue weighted by Crippen LogP contribution is -2.22. The molecule has 0 unspecified atom stereocenters. The van der Waals surface area contributed by atoms with E-state index in [9.17, 15) is 0 Å². The SMILES string of the molecule is CN(C)Cc1ccccc1[C@H]1CCCCCN1. The average molecular weight is 232 g/mol. The van der Waals surface area contributed by atoms with Gasteiger partial charge in [-0.1, -0.05) is 37.1 Å². The fourth-order valence-electron chi connectivity index (χ4n) is 2.65. The fourth-order valence-corrected chi connectivity index (χ4v) is 2.65. The molecule has 2 heteroatoms. The lowest BCUT2D eigenvalue weighted by atomic mass is 9.96. The van der Waals surface area contributed by atoms with Crippen molar-refractivity contribution >= 4 is 0 Å². The predicted octanol–water partition coefficient (Wildman–Crippen LogP) is 2.95. The Morgan fingerprint density at radius 1 is 1.18 bits per heavy atom. The molecule has 2 rings (SSSR count). The summed E-state index contributed by atoms with van der Waals surface area (Å²) in [5, 5.41) is 3.69. The maximum absolute atomic E-state index is 3.69. The topological polar surface area (TPSA) is 15.3 Å². The van der Waals surface area contributed by atoms with E-state index in [1.165, 1.54) is 43.4 Å². The van der Waals surface area contributed by atoms with E-state index in [1.54, 1.807) is 0 Å². The summed E-state index contributed by atoms with van der Waals surface area (Å²) in [6.45, 7) is 2.20. The second-order valence-corrected chi connectivity index (χ2v) is 5.29. The van der Waals surface area contributed by atoms with Gasteiger partial charge in [-0.15, -0.1) is 0 Å². The third-order valence-corrected chi connectivity index (χ3v) is 3.48. The Morgan fingerprint density at radius 3 is 2.82 bits per heavy atom. The zero-order valence-electron chi connectivity index (χ0n) is 11.1. The summed E-state index contributed by atoms with van der Waals surface area (Å²) in [6.07, 6.45) is 5.34.